The summed E-state index contributed by atoms with van der Waals surface area (Å²) in [5.74, 6) is 0.881. The highest BCUT2D eigenvalue weighted by Gasteiger charge is 2.33. The van der Waals surface area contributed by atoms with Crippen LogP contribution >= 0.6 is 0 Å². The Morgan fingerprint density at radius 3 is 2.48 bits per heavy atom. The van der Waals surface area contributed by atoms with Crippen LogP contribution in [0.15, 0.2) is 54.6 Å². The number of piperidine rings is 1. The first-order valence-corrected chi connectivity index (χ1v) is 11.5. The quantitative estimate of drug-likeness (QED) is 0.644. The minimum atomic E-state index is 0.0888. The van der Waals surface area contributed by atoms with Gasteiger partial charge in [0.15, 0.2) is 6.61 Å². The third-order valence-corrected chi connectivity index (χ3v) is 6.58. The molecule has 2 aliphatic rings. The lowest BCUT2D eigenvalue weighted by Crippen LogP contribution is -2.49. The molecule has 5 heteroatoms. The standard InChI is InChI=1S/C26H34N2O3/c1-21-8-5-6-12-25(21)31-20-26(29)27-16-13-23(14-17-27)28-15-7-11-24(28)19-30-18-22-9-3-2-4-10-22/h2-6,8-10,12,23-24H,7,11,13-20H2,1H3. The Balaban J connectivity index is 1.20. The summed E-state index contributed by atoms with van der Waals surface area (Å²) >= 11 is 0. The number of nitrogens with zero attached hydrogens (tertiary/aromatic N) is 2. The second-order valence-electron chi connectivity index (χ2n) is 8.70. The first kappa shape index (κ1) is 21.8. The van der Waals surface area contributed by atoms with Crippen LogP contribution in [0.1, 0.15) is 36.8 Å². The number of para-hydroxylation sites is 1. The highest BCUT2D eigenvalue weighted by Crippen LogP contribution is 2.26. The summed E-state index contributed by atoms with van der Waals surface area (Å²) in [5, 5.41) is 0. The van der Waals surface area contributed by atoms with Gasteiger partial charge < -0.3 is 14.4 Å². The lowest BCUT2D eigenvalue weighted by Gasteiger charge is -2.39. The lowest BCUT2D eigenvalue weighted by molar-refractivity contribution is -0.135. The van der Waals surface area contributed by atoms with E-state index in [2.05, 4.69) is 29.2 Å². The van der Waals surface area contributed by atoms with Crippen LogP contribution in [0.3, 0.4) is 0 Å². The van der Waals surface area contributed by atoms with Crippen molar-refractivity contribution < 1.29 is 14.3 Å². The molecule has 4 rings (SSSR count). The molecular weight excluding hydrogens is 388 g/mol. The molecule has 2 aliphatic heterocycles. The maximum absolute atomic E-state index is 12.6. The zero-order valence-electron chi connectivity index (χ0n) is 18.5. The summed E-state index contributed by atoms with van der Waals surface area (Å²) in [5.41, 5.74) is 2.29. The summed E-state index contributed by atoms with van der Waals surface area (Å²) in [7, 11) is 0. The van der Waals surface area contributed by atoms with E-state index in [1.165, 1.54) is 18.4 Å². The van der Waals surface area contributed by atoms with Gasteiger partial charge in [-0.2, -0.15) is 0 Å². The largest absolute Gasteiger partial charge is 0.484 e. The molecule has 1 unspecified atom stereocenters. The average molecular weight is 423 g/mol. The fourth-order valence-corrected chi connectivity index (χ4v) is 4.80. The van der Waals surface area contributed by atoms with Crippen LogP contribution in [0.5, 0.6) is 5.75 Å². The van der Waals surface area contributed by atoms with Crippen LogP contribution in [-0.4, -0.2) is 60.6 Å². The van der Waals surface area contributed by atoms with Crippen molar-refractivity contribution in [1.29, 1.82) is 0 Å². The van der Waals surface area contributed by atoms with Crippen molar-refractivity contribution in [3.05, 3.63) is 65.7 Å². The fourth-order valence-electron chi connectivity index (χ4n) is 4.80. The van der Waals surface area contributed by atoms with Gasteiger partial charge in [0.05, 0.1) is 13.2 Å². The first-order valence-electron chi connectivity index (χ1n) is 11.5. The summed E-state index contributed by atoms with van der Waals surface area (Å²) in [6.07, 6.45) is 4.51. The van der Waals surface area contributed by atoms with Crippen LogP contribution in [0.2, 0.25) is 0 Å². The molecule has 31 heavy (non-hydrogen) atoms. The van der Waals surface area contributed by atoms with E-state index >= 15 is 0 Å². The molecule has 1 atom stereocenters. The van der Waals surface area contributed by atoms with Crippen LogP contribution in [0, 0.1) is 6.92 Å². The van der Waals surface area contributed by atoms with Gasteiger partial charge in [0.25, 0.3) is 5.91 Å². The molecule has 2 saturated heterocycles. The van der Waals surface area contributed by atoms with Gasteiger partial charge >= 0.3 is 0 Å². The zero-order chi connectivity index (χ0) is 21.5. The van der Waals surface area contributed by atoms with Crippen LogP contribution in [0.25, 0.3) is 0 Å². The molecule has 0 bridgehead atoms. The smallest absolute Gasteiger partial charge is 0.260 e. The Kier molecular flexibility index (Phi) is 7.60. The van der Waals surface area contributed by atoms with E-state index < -0.39 is 0 Å². The van der Waals surface area contributed by atoms with Gasteiger partial charge in [0.1, 0.15) is 5.75 Å². The molecule has 0 radical (unpaired) electrons. The third kappa shape index (κ3) is 5.86. The predicted molar refractivity (Wildman–Crippen MR) is 122 cm³/mol. The van der Waals surface area contributed by atoms with Crippen molar-refractivity contribution in [2.24, 2.45) is 0 Å². The van der Waals surface area contributed by atoms with Crippen molar-refractivity contribution in [2.45, 2.75) is 51.3 Å². The molecule has 166 valence electrons. The monoisotopic (exact) mass is 422 g/mol. The molecule has 2 heterocycles. The minimum absolute atomic E-state index is 0.0888. The topological polar surface area (TPSA) is 42.0 Å². The average Bonchev–Trinajstić information content (AvgIpc) is 3.28. The minimum Gasteiger partial charge on any atom is -0.484 e. The molecule has 0 saturated carbocycles. The van der Waals surface area contributed by atoms with E-state index in [4.69, 9.17) is 9.47 Å². The van der Waals surface area contributed by atoms with Gasteiger partial charge in [-0.1, -0.05) is 48.5 Å². The number of carbonyl (C=O) groups is 1. The number of hydrogen-bond donors (Lipinski definition) is 0. The Hall–Kier alpha value is -2.37. The summed E-state index contributed by atoms with van der Waals surface area (Å²) in [6, 6.07) is 19.3. The van der Waals surface area contributed by atoms with Crippen LogP contribution < -0.4 is 4.74 Å². The van der Waals surface area contributed by atoms with Crippen molar-refractivity contribution in [1.82, 2.24) is 9.80 Å². The van der Waals surface area contributed by atoms with Gasteiger partial charge in [0, 0.05) is 25.2 Å². The molecule has 0 aromatic heterocycles. The summed E-state index contributed by atoms with van der Waals surface area (Å²) in [6.45, 7) is 6.37. The number of benzene rings is 2. The van der Waals surface area contributed by atoms with Gasteiger partial charge in [-0.15, -0.1) is 0 Å². The van der Waals surface area contributed by atoms with E-state index in [9.17, 15) is 4.79 Å². The molecular formula is C26H34N2O3. The molecule has 2 aromatic rings. The molecule has 0 spiro atoms. The number of likely N-dealkylation sites (tertiary alicyclic amines) is 2. The molecule has 5 nitrogen and oxygen atoms in total. The third-order valence-electron chi connectivity index (χ3n) is 6.58. The van der Waals surface area contributed by atoms with Crippen molar-refractivity contribution in [2.75, 3.05) is 32.8 Å². The summed E-state index contributed by atoms with van der Waals surface area (Å²) < 4.78 is 11.8. The number of amides is 1. The number of rotatable bonds is 8. The Bertz CT molecular complexity index is 834. The number of carbonyl (C=O) groups excluding carboxylic acids is 1. The predicted octanol–water partition coefficient (Wildman–Crippen LogP) is 4.05. The maximum Gasteiger partial charge on any atom is 0.260 e. The lowest BCUT2D eigenvalue weighted by atomic mass is 10.0. The fraction of sp³-hybridized carbons (Fsp3) is 0.500. The van der Waals surface area contributed by atoms with Gasteiger partial charge in [-0.05, 0) is 56.3 Å². The molecule has 0 aliphatic carbocycles. The number of ether oxygens (including phenoxy) is 2. The van der Waals surface area contributed by atoms with Crippen LogP contribution in [-0.2, 0) is 16.1 Å². The van der Waals surface area contributed by atoms with E-state index in [1.54, 1.807) is 0 Å². The van der Waals surface area contributed by atoms with E-state index in [0.717, 1.165) is 50.4 Å². The highest BCUT2D eigenvalue weighted by molar-refractivity contribution is 5.77. The van der Waals surface area contributed by atoms with Gasteiger partial charge in [-0.3, -0.25) is 9.69 Å². The van der Waals surface area contributed by atoms with E-state index in [0.29, 0.717) is 18.7 Å². The SMILES string of the molecule is Cc1ccccc1OCC(=O)N1CCC(N2CCCC2COCc2ccccc2)CC1. The molecule has 1 amide bonds. The van der Waals surface area contributed by atoms with Gasteiger partial charge in [-0.25, -0.2) is 0 Å². The van der Waals surface area contributed by atoms with Crippen molar-refractivity contribution in [3.8, 4) is 5.75 Å². The van der Waals surface area contributed by atoms with E-state index in [1.807, 2.05) is 42.2 Å². The second kappa shape index (κ2) is 10.8. The van der Waals surface area contributed by atoms with Crippen LogP contribution in [0.4, 0.5) is 0 Å². The maximum atomic E-state index is 12.6. The Morgan fingerprint density at radius 2 is 1.71 bits per heavy atom. The van der Waals surface area contributed by atoms with Crippen molar-refractivity contribution in [3.63, 3.8) is 0 Å². The number of hydrogen-bond acceptors (Lipinski definition) is 4. The Morgan fingerprint density at radius 1 is 0.968 bits per heavy atom. The molecule has 0 N–H and O–H groups in total. The Labute approximate surface area is 185 Å². The van der Waals surface area contributed by atoms with E-state index in [-0.39, 0.29) is 12.5 Å². The van der Waals surface area contributed by atoms with Crippen molar-refractivity contribution >= 4 is 5.91 Å². The highest BCUT2D eigenvalue weighted by atomic mass is 16.5. The second-order valence-corrected chi connectivity index (χ2v) is 8.70. The zero-order valence-corrected chi connectivity index (χ0v) is 18.5. The first-order chi connectivity index (χ1) is 15.2. The molecule has 2 aromatic carbocycles. The normalized spacial score (nSPS) is 20.2. The molecule has 2 fully saturated rings. The van der Waals surface area contributed by atoms with Gasteiger partial charge in [0.2, 0.25) is 0 Å². The number of aryl methyl sites for hydroxylation is 1. The summed E-state index contributed by atoms with van der Waals surface area (Å²) in [4.78, 5) is 17.2.